The zero-order valence-electron chi connectivity index (χ0n) is 9.97. The fourth-order valence-corrected chi connectivity index (χ4v) is 1.60. The molecular formula is C10H16N4O3S. The quantitative estimate of drug-likeness (QED) is 0.525. The summed E-state index contributed by atoms with van der Waals surface area (Å²) in [5.74, 6) is -0.296. The Morgan fingerprint density at radius 3 is 2.94 bits per heavy atom. The standard InChI is InChI=1S/C10H16N4O3S/c1-18-3-2-12-10(17)14-8(9(15)16)4-7-5-11-6-13-7/h5-6,8H,2-4H2,1H3,(H,11,13)(H,15,16)(H2,12,14,17)/t8-/m0/s1. The van der Waals surface area contributed by atoms with Gasteiger partial charge in [0.15, 0.2) is 0 Å². The molecule has 0 unspecified atom stereocenters. The van der Waals surface area contributed by atoms with Gasteiger partial charge in [-0.25, -0.2) is 14.6 Å². The van der Waals surface area contributed by atoms with Crippen molar-refractivity contribution in [3.05, 3.63) is 18.2 Å². The number of aromatic nitrogens is 2. The van der Waals surface area contributed by atoms with Gasteiger partial charge in [-0.2, -0.15) is 11.8 Å². The van der Waals surface area contributed by atoms with Crippen molar-refractivity contribution in [1.82, 2.24) is 20.6 Å². The van der Waals surface area contributed by atoms with Crippen LogP contribution in [0.4, 0.5) is 4.79 Å². The number of aromatic amines is 1. The molecule has 18 heavy (non-hydrogen) atoms. The van der Waals surface area contributed by atoms with E-state index in [2.05, 4.69) is 20.6 Å². The van der Waals surface area contributed by atoms with Crippen LogP contribution in [-0.4, -0.2) is 51.7 Å². The molecule has 1 rings (SSSR count). The van der Waals surface area contributed by atoms with Crippen molar-refractivity contribution in [2.45, 2.75) is 12.5 Å². The van der Waals surface area contributed by atoms with E-state index in [0.29, 0.717) is 12.2 Å². The molecule has 100 valence electrons. The maximum Gasteiger partial charge on any atom is 0.326 e. The van der Waals surface area contributed by atoms with E-state index in [1.807, 2.05) is 6.26 Å². The summed E-state index contributed by atoms with van der Waals surface area (Å²) in [5, 5.41) is 14.0. The molecule has 0 bridgehead atoms. The molecule has 0 fully saturated rings. The largest absolute Gasteiger partial charge is 0.480 e. The molecule has 0 saturated carbocycles. The number of nitrogens with one attached hydrogen (secondary N) is 3. The fourth-order valence-electron chi connectivity index (χ4n) is 1.29. The number of carboxylic acid groups (broad SMARTS) is 1. The van der Waals surface area contributed by atoms with Crippen molar-refractivity contribution in [1.29, 1.82) is 0 Å². The summed E-state index contributed by atoms with van der Waals surface area (Å²) in [6.45, 7) is 0.503. The van der Waals surface area contributed by atoms with Gasteiger partial charge in [0.2, 0.25) is 0 Å². The second kappa shape index (κ2) is 7.59. The Morgan fingerprint density at radius 1 is 1.61 bits per heavy atom. The zero-order valence-corrected chi connectivity index (χ0v) is 10.8. The minimum Gasteiger partial charge on any atom is -0.480 e. The summed E-state index contributed by atoms with van der Waals surface area (Å²) < 4.78 is 0. The molecule has 0 aliphatic heterocycles. The minimum atomic E-state index is -1.08. The van der Waals surface area contributed by atoms with Crippen LogP contribution in [0.2, 0.25) is 0 Å². The molecule has 8 heteroatoms. The molecule has 0 aliphatic carbocycles. The summed E-state index contributed by atoms with van der Waals surface area (Å²) in [5.41, 5.74) is 0.659. The van der Waals surface area contributed by atoms with E-state index < -0.39 is 18.0 Å². The number of carbonyl (C=O) groups is 2. The molecule has 1 atom stereocenters. The van der Waals surface area contributed by atoms with Crippen LogP contribution in [0, 0.1) is 0 Å². The normalized spacial score (nSPS) is 11.8. The van der Waals surface area contributed by atoms with Crippen LogP contribution < -0.4 is 10.6 Å². The molecule has 4 N–H and O–H groups in total. The van der Waals surface area contributed by atoms with Gasteiger partial charge >= 0.3 is 12.0 Å². The van der Waals surface area contributed by atoms with E-state index in [-0.39, 0.29) is 6.42 Å². The van der Waals surface area contributed by atoms with Gasteiger partial charge in [-0.15, -0.1) is 0 Å². The third-order valence-corrected chi connectivity index (χ3v) is 2.79. The first-order valence-corrected chi connectivity index (χ1v) is 6.76. The number of imidazole rings is 1. The lowest BCUT2D eigenvalue weighted by molar-refractivity contribution is -0.139. The predicted octanol–water partition coefficient (Wildman–Crippen LogP) is 0.0676. The average molecular weight is 272 g/mol. The first-order valence-electron chi connectivity index (χ1n) is 5.37. The maximum absolute atomic E-state index is 11.4. The van der Waals surface area contributed by atoms with Crippen LogP contribution in [0.3, 0.4) is 0 Å². The highest BCUT2D eigenvalue weighted by atomic mass is 32.2. The van der Waals surface area contributed by atoms with Crippen LogP contribution in [0.5, 0.6) is 0 Å². The van der Waals surface area contributed by atoms with E-state index in [9.17, 15) is 9.59 Å². The van der Waals surface area contributed by atoms with Crippen molar-refractivity contribution >= 4 is 23.8 Å². The highest BCUT2D eigenvalue weighted by molar-refractivity contribution is 7.98. The topological polar surface area (TPSA) is 107 Å². The molecule has 1 heterocycles. The number of carboxylic acids is 1. The highest BCUT2D eigenvalue weighted by Crippen LogP contribution is 1.98. The predicted molar refractivity (Wildman–Crippen MR) is 68.6 cm³/mol. The lowest BCUT2D eigenvalue weighted by atomic mass is 10.2. The van der Waals surface area contributed by atoms with E-state index >= 15 is 0 Å². The number of hydrogen-bond donors (Lipinski definition) is 4. The van der Waals surface area contributed by atoms with E-state index in [0.717, 1.165) is 5.75 Å². The van der Waals surface area contributed by atoms with E-state index in [1.165, 1.54) is 12.5 Å². The van der Waals surface area contributed by atoms with Crippen LogP contribution in [0.15, 0.2) is 12.5 Å². The Balaban J connectivity index is 2.42. The fraction of sp³-hybridized carbons (Fsp3) is 0.500. The second-order valence-corrected chi connectivity index (χ2v) is 4.55. The Morgan fingerprint density at radius 2 is 2.39 bits per heavy atom. The Hall–Kier alpha value is -1.70. The summed E-state index contributed by atoms with van der Waals surface area (Å²) >= 11 is 1.60. The van der Waals surface area contributed by atoms with Gasteiger partial charge in [-0.3, -0.25) is 0 Å². The number of amides is 2. The third-order valence-electron chi connectivity index (χ3n) is 2.17. The smallest absolute Gasteiger partial charge is 0.326 e. The summed E-state index contributed by atoms with van der Waals surface area (Å²) in [6.07, 6.45) is 5.10. The number of H-pyrrole nitrogens is 1. The first-order chi connectivity index (χ1) is 8.63. The Bertz CT molecular complexity index is 382. The number of urea groups is 1. The molecule has 0 radical (unpaired) electrons. The van der Waals surface area contributed by atoms with Crippen molar-refractivity contribution in [3.63, 3.8) is 0 Å². The van der Waals surface area contributed by atoms with Crippen molar-refractivity contribution in [2.75, 3.05) is 18.6 Å². The van der Waals surface area contributed by atoms with Crippen molar-refractivity contribution in [3.8, 4) is 0 Å². The molecule has 1 aromatic rings. The van der Waals surface area contributed by atoms with Gasteiger partial charge in [0.25, 0.3) is 0 Å². The van der Waals surface area contributed by atoms with Gasteiger partial charge in [-0.1, -0.05) is 0 Å². The highest BCUT2D eigenvalue weighted by Gasteiger charge is 2.20. The first kappa shape index (κ1) is 14.4. The molecule has 0 aliphatic rings. The molecule has 0 saturated heterocycles. The van der Waals surface area contributed by atoms with Crippen LogP contribution in [-0.2, 0) is 11.2 Å². The zero-order chi connectivity index (χ0) is 13.4. The lowest BCUT2D eigenvalue weighted by Crippen LogP contribution is -2.47. The van der Waals surface area contributed by atoms with Crippen LogP contribution >= 0.6 is 11.8 Å². The van der Waals surface area contributed by atoms with Crippen molar-refractivity contribution < 1.29 is 14.7 Å². The van der Waals surface area contributed by atoms with Crippen LogP contribution in [0.1, 0.15) is 5.69 Å². The SMILES string of the molecule is CSCCNC(=O)N[C@@H](Cc1cnc[nH]1)C(=O)O. The van der Waals surface area contributed by atoms with E-state index in [4.69, 9.17) is 5.11 Å². The van der Waals surface area contributed by atoms with Gasteiger partial charge < -0.3 is 20.7 Å². The van der Waals surface area contributed by atoms with Gasteiger partial charge in [0, 0.05) is 30.6 Å². The molecular weight excluding hydrogens is 256 g/mol. The summed E-state index contributed by atoms with van der Waals surface area (Å²) in [4.78, 5) is 29.0. The number of aliphatic carboxylic acids is 1. The summed E-state index contributed by atoms with van der Waals surface area (Å²) in [6, 6.07) is -1.45. The van der Waals surface area contributed by atoms with Gasteiger partial charge in [0.05, 0.1) is 6.33 Å². The number of nitrogens with zero attached hydrogens (tertiary/aromatic N) is 1. The number of rotatable bonds is 7. The molecule has 2 amide bonds. The average Bonchev–Trinajstić information content (AvgIpc) is 2.81. The molecule has 0 aromatic carbocycles. The van der Waals surface area contributed by atoms with Crippen LogP contribution in [0.25, 0.3) is 0 Å². The number of thioether (sulfide) groups is 1. The Kier molecular flexibility index (Phi) is 6.06. The second-order valence-electron chi connectivity index (χ2n) is 3.56. The van der Waals surface area contributed by atoms with Gasteiger partial charge in [0.1, 0.15) is 6.04 Å². The van der Waals surface area contributed by atoms with Gasteiger partial charge in [-0.05, 0) is 6.26 Å². The maximum atomic E-state index is 11.4. The third kappa shape index (κ3) is 5.09. The van der Waals surface area contributed by atoms with E-state index in [1.54, 1.807) is 11.8 Å². The molecule has 0 spiro atoms. The number of hydrogen-bond acceptors (Lipinski definition) is 4. The monoisotopic (exact) mass is 272 g/mol. The summed E-state index contributed by atoms with van der Waals surface area (Å²) in [7, 11) is 0. The molecule has 1 aromatic heterocycles. The van der Waals surface area contributed by atoms with Crippen molar-refractivity contribution in [2.24, 2.45) is 0 Å². The minimum absolute atomic E-state index is 0.172. The molecule has 7 nitrogen and oxygen atoms in total. The Labute approximate surface area is 109 Å². The number of carbonyl (C=O) groups excluding carboxylic acids is 1. The lowest BCUT2D eigenvalue weighted by Gasteiger charge is -2.14.